The first-order valence-electron chi connectivity index (χ1n) is 13.9. The molecule has 1 N–H and O–H groups in total. The third-order valence-electron chi connectivity index (χ3n) is 12.5. The fourth-order valence-electron chi connectivity index (χ4n) is 10.3. The number of allylic oxidation sites excluding steroid dienone is 3. The van der Waals surface area contributed by atoms with Crippen molar-refractivity contribution < 1.29 is 19.4 Å². The average Bonchev–Trinajstić information content (AvgIpc) is 2.82. The zero-order chi connectivity index (χ0) is 26.5. The second-order valence-corrected chi connectivity index (χ2v) is 14.2. The van der Waals surface area contributed by atoms with E-state index in [1.165, 1.54) is 12.7 Å². The van der Waals surface area contributed by atoms with Crippen molar-refractivity contribution in [1.29, 1.82) is 5.26 Å². The van der Waals surface area contributed by atoms with Gasteiger partial charge in [0.25, 0.3) is 0 Å². The predicted octanol–water partition coefficient (Wildman–Crippen LogP) is 5.78. The Bertz CT molecular complexity index is 1110. The minimum atomic E-state index is -0.660. The first-order valence-corrected chi connectivity index (χ1v) is 13.9. The molecule has 3 fully saturated rings. The maximum absolute atomic E-state index is 13.2. The minimum Gasteiger partial charge on any atom is -0.469 e. The Hall–Kier alpha value is -1.93. The summed E-state index contributed by atoms with van der Waals surface area (Å²) in [6.45, 7) is 13.3. The number of fused-ring (bicyclic) bond motifs is 7. The fourth-order valence-corrected chi connectivity index (χ4v) is 10.3. The number of carbonyl (C=O) groups excluding carboxylic acids is 2. The topological polar surface area (TPSA) is 87.4 Å². The molecule has 3 saturated carbocycles. The molecule has 0 aromatic carbocycles. The van der Waals surface area contributed by atoms with Crippen LogP contribution in [-0.4, -0.2) is 30.1 Å². The van der Waals surface area contributed by atoms with Gasteiger partial charge in [0.1, 0.15) is 6.07 Å². The zero-order valence-electron chi connectivity index (χ0n) is 23.1. The third-order valence-corrected chi connectivity index (χ3v) is 12.5. The number of ketones is 1. The highest BCUT2D eigenvalue weighted by Crippen LogP contribution is 2.74. The Morgan fingerprint density at radius 2 is 1.78 bits per heavy atom. The summed E-state index contributed by atoms with van der Waals surface area (Å²) in [6.07, 6.45) is 10.1. The van der Waals surface area contributed by atoms with Crippen molar-refractivity contribution in [2.24, 2.45) is 50.7 Å². The first kappa shape index (κ1) is 25.7. The Morgan fingerprint density at radius 3 is 2.42 bits per heavy atom. The van der Waals surface area contributed by atoms with Gasteiger partial charge in [-0.15, -0.1) is 0 Å². The lowest BCUT2D eigenvalue weighted by molar-refractivity contribution is -0.182. The molecule has 5 heteroatoms. The summed E-state index contributed by atoms with van der Waals surface area (Å²) in [5.41, 5.74) is 0.333. The zero-order valence-corrected chi connectivity index (χ0v) is 23.1. The Labute approximate surface area is 216 Å². The van der Waals surface area contributed by atoms with Crippen LogP contribution >= 0.6 is 0 Å². The van der Waals surface area contributed by atoms with Crippen LogP contribution in [0.4, 0.5) is 0 Å². The molecule has 0 saturated heterocycles. The SMILES string of the molecule is COC(=O)[C@H]1CC[C@]2(C)CC[C@]3(C)C(=CC(O)[C@@H]4[C@@]5(C)C=C(C#N)C(=O)C(C)(C)[C@@H]5CC[C@]43C)[C@@H]2C1. The summed E-state index contributed by atoms with van der Waals surface area (Å²) in [4.78, 5) is 25.7. The highest BCUT2D eigenvalue weighted by molar-refractivity contribution is 6.04. The molecule has 0 aromatic heterocycles. The van der Waals surface area contributed by atoms with Gasteiger partial charge < -0.3 is 9.84 Å². The maximum Gasteiger partial charge on any atom is 0.308 e. The van der Waals surface area contributed by atoms with Crippen molar-refractivity contribution in [2.75, 3.05) is 7.11 Å². The van der Waals surface area contributed by atoms with Crippen molar-refractivity contribution >= 4 is 11.8 Å². The van der Waals surface area contributed by atoms with Gasteiger partial charge in [0, 0.05) is 11.3 Å². The van der Waals surface area contributed by atoms with E-state index in [9.17, 15) is 20.0 Å². The molecular formula is C31H43NO4. The minimum absolute atomic E-state index is 0.0617. The molecule has 5 aliphatic carbocycles. The summed E-state index contributed by atoms with van der Waals surface area (Å²) in [5.74, 6) is -0.0131. The fraction of sp³-hybridized carbons (Fsp3) is 0.774. The number of nitrogens with zero attached hydrogens (tertiary/aromatic N) is 1. The second kappa shape index (κ2) is 7.79. The molecule has 196 valence electrons. The number of esters is 1. The lowest BCUT2D eigenvalue weighted by Crippen LogP contribution is -2.66. The second-order valence-electron chi connectivity index (χ2n) is 14.2. The van der Waals surface area contributed by atoms with Crippen molar-refractivity contribution in [3.05, 3.63) is 23.3 Å². The van der Waals surface area contributed by atoms with Gasteiger partial charge in [-0.05, 0) is 78.4 Å². The van der Waals surface area contributed by atoms with Crippen LogP contribution < -0.4 is 0 Å². The van der Waals surface area contributed by atoms with E-state index in [2.05, 4.69) is 39.8 Å². The third kappa shape index (κ3) is 3.03. The van der Waals surface area contributed by atoms with E-state index in [4.69, 9.17) is 4.74 Å². The van der Waals surface area contributed by atoms with Gasteiger partial charge in [-0.25, -0.2) is 0 Å². The average molecular weight is 494 g/mol. The summed E-state index contributed by atoms with van der Waals surface area (Å²) in [7, 11) is 1.48. The quantitative estimate of drug-likeness (QED) is 0.369. The molecule has 0 amide bonds. The van der Waals surface area contributed by atoms with Crippen molar-refractivity contribution in [3.63, 3.8) is 0 Å². The van der Waals surface area contributed by atoms with E-state index < -0.39 is 16.9 Å². The summed E-state index contributed by atoms with van der Waals surface area (Å²) < 4.78 is 5.14. The van der Waals surface area contributed by atoms with E-state index in [0.29, 0.717) is 0 Å². The highest BCUT2D eigenvalue weighted by Gasteiger charge is 2.69. The van der Waals surface area contributed by atoms with Crippen LogP contribution in [0.15, 0.2) is 23.3 Å². The van der Waals surface area contributed by atoms with E-state index in [1.807, 2.05) is 19.9 Å². The molecular weight excluding hydrogens is 450 g/mol. The van der Waals surface area contributed by atoms with Crippen LogP contribution in [0.2, 0.25) is 0 Å². The molecule has 5 rings (SSSR count). The van der Waals surface area contributed by atoms with Crippen LogP contribution in [-0.2, 0) is 14.3 Å². The number of aliphatic hydroxyl groups is 1. The van der Waals surface area contributed by atoms with Gasteiger partial charge in [-0.2, -0.15) is 5.26 Å². The van der Waals surface area contributed by atoms with Crippen molar-refractivity contribution in [2.45, 2.75) is 92.6 Å². The van der Waals surface area contributed by atoms with Crippen LogP contribution in [0.3, 0.4) is 0 Å². The molecule has 0 bridgehead atoms. The molecule has 5 aliphatic rings. The monoisotopic (exact) mass is 493 g/mol. The number of Topliss-reactive ketones (excluding diaryl/α,β-unsaturated/α-hetero) is 1. The van der Waals surface area contributed by atoms with Gasteiger partial charge in [0.2, 0.25) is 0 Å². The van der Waals surface area contributed by atoms with Gasteiger partial charge in [0.05, 0.1) is 24.7 Å². The summed E-state index contributed by atoms with van der Waals surface area (Å²) in [6, 6.07) is 2.19. The van der Waals surface area contributed by atoms with E-state index >= 15 is 0 Å². The van der Waals surface area contributed by atoms with Gasteiger partial charge in [-0.1, -0.05) is 59.3 Å². The highest BCUT2D eigenvalue weighted by atomic mass is 16.5. The molecule has 0 spiro atoms. The number of carbonyl (C=O) groups is 2. The standard InChI is InChI=1S/C31H43NO4/c1-27(2)23-9-11-31(6)24(29(23,4)16-19(17-32)25(27)34)22(33)15-21-20-14-18(26(35)36-7)8-10-28(20,3)12-13-30(21,31)5/h15-16,18,20,22-24,33H,8-14H2,1-7H3/t18-,20-,22?,23-,24+,28+,29-,30+,31+/m0/s1. The van der Waals surface area contributed by atoms with Gasteiger partial charge >= 0.3 is 5.97 Å². The van der Waals surface area contributed by atoms with E-state index in [-0.39, 0.29) is 57.2 Å². The normalized spacial score (nSPS) is 49.2. The summed E-state index contributed by atoms with van der Waals surface area (Å²) in [5, 5.41) is 21.8. The summed E-state index contributed by atoms with van der Waals surface area (Å²) >= 11 is 0. The number of nitriles is 1. The number of hydrogen-bond acceptors (Lipinski definition) is 5. The molecule has 9 atom stereocenters. The van der Waals surface area contributed by atoms with Gasteiger partial charge in [0.15, 0.2) is 5.78 Å². The molecule has 0 radical (unpaired) electrons. The lowest BCUT2D eigenvalue weighted by Gasteiger charge is -2.70. The molecule has 1 unspecified atom stereocenters. The molecule has 0 aliphatic heterocycles. The maximum atomic E-state index is 13.2. The van der Waals surface area contributed by atoms with Crippen LogP contribution in [0, 0.1) is 62.1 Å². The molecule has 0 aromatic rings. The Morgan fingerprint density at radius 1 is 1.08 bits per heavy atom. The van der Waals surface area contributed by atoms with Gasteiger partial charge in [-0.3, -0.25) is 9.59 Å². The van der Waals surface area contributed by atoms with Crippen LogP contribution in [0.5, 0.6) is 0 Å². The van der Waals surface area contributed by atoms with E-state index in [1.54, 1.807) is 0 Å². The molecule has 5 nitrogen and oxygen atoms in total. The number of ether oxygens (including phenoxy) is 1. The first-order chi connectivity index (χ1) is 16.7. The van der Waals surface area contributed by atoms with E-state index in [0.717, 1.165) is 44.9 Å². The van der Waals surface area contributed by atoms with Crippen LogP contribution in [0.1, 0.15) is 86.5 Å². The van der Waals surface area contributed by atoms with Crippen molar-refractivity contribution in [3.8, 4) is 6.07 Å². The number of aliphatic hydroxyl groups excluding tert-OH is 1. The Balaban J connectivity index is 1.64. The largest absolute Gasteiger partial charge is 0.469 e. The number of rotatable bonds is 1. The van der Waals surface area contributed by atoms with Crippen molar-refractivity contribution in [1.82, 2.24) is 0 Å². The molecule has 0 heterocycles. The Kier molecular flexibility index (Phi) is 5.56. The molecule has 36 heavy (non-hydrogen) atoms. The number of hydrogen-bond donors (Lipinski definition) is 1. The predicted molar refractivity (Wildman–Crippen MR) is 137 cm³/mol. The van der Waals surface area contributed by atoms with Crippen LogP contribution in [0.25, 0.3) is 0 Å². The smallest absolute Gasteiger partial charge is 0.308 e. The lowest BCUT2D eigenvalue weighted by atomic mass is 9.34. The number of methoxy groups -OCH3 is 1.